The van der Waals surface area contributed by atoms with Crippen LogP contribution in [0.4, 0.5) is 0 Å². The molecule has 1 amide bonds. The Morgan fingerprint density at radius 1 is 1.28 bits per heavy atom. The van der Waals surface area contributed by atoms with E-state index in [4.69, 9.17) is 0 Å². The molecule has 1 aromatic heterocycles. The molecule has 0 spiro atoms. The molecule has 1 aromatic carbocycles. The summed E-state index contributed by atoms with van der Waals surface area (Å²) in [6, 6.07) is 12.6. The molecule has 0 radical (unpaired) electrons. The van der Waals surface area contributed by atoms with E-state index in [0.717, 1.165) is 25.2 Å². The average Bonchev–Trinajstić information content (AvgIpc) is 2.62. The highest BCUT2D eigenvalue weighted by atomic mass is 16.2. The van der Waals surface area contributed by atoms with Gasteiger partial charge in [0.05, 0.1) is 6.04 Å². The number of hydrogen-bond acceptors (Lipinski definition) is 3. The Bertz CT molecular complexity index is 710. The quantitative estimate of drug-likeness (QED) is 0.932. The molecule has 1 fully saturated rings. The second-order valence-electron chi connectivity index (χ2n) is 7.52. The first-order valence-corrected chi connectivity index (χ1v) is 8.95. The molecule has 1 aliphatic rings. The maximum atomic E-state index is 13.1. The van der Waals surface area contributed by atoms with Gasteiger partial charge < -0.3 is 10.2 Å². The van der Waals surface area contributed by atoms with Gasteiger partial charge >= 0.3 is 0 Å². The standard InChI is InChI=1S/C21H27N3O/c1-16-6-8-18(9-7-16)21(2,3)13-20(25)24-12-11-23-15-19(24)17-5-4-10-22-14-17/h4-10,14,19,23H,11-13,15H2,1-3H3. The molecular formula is C21H27N3O. The van der Waals surface area contributed by atoms with Crippen molar-refractivity contribution in [3.8, 4) is 0 Å². The van der Waals surface area contributed by atoms with E-state index in [9.17, 15) is 4.79 Å². The van der Waals surface area contributed by atoms with Gasteiger partial charge in [-0.05, 0) is 29.5 Å². The number of carbonyl (C=O) groups excluding carboxylic acids is 1. The zero-order valence-electron chi connectivity index (χ0n) is 15.3. The Kier molecular flexibility index (Phi) is 5.19. The van der Waals surface area contributed by atoms with Crippen molar-refractivity contribution >= 4 is 5.91 Å². The smallest absolute Gasteiger partial charge is 0.224 e. The molecule has 1 atom stereocenters. The van der Waals surface area contributed by atoms with Crippen LogP contribution in [0, 0.1) is 6.92 Å². The predicted molar refractivity (Wildman–Crippen MR) is 100 cm³/mol. The first kappa shape index (κ1) is 17.6. The Morgan fingerprint density at radius 3 is 2.72 bits per heavy atom. The molecule has 4 nitrogen and oxygen atoms in total. The van der Waals surface area contributed by atoms with Gasteiger partial charge in [-0.25, -0.2) is 0 Å². The number of piperazine rings is 1. The molecule has 2 aromatic rings. The van der Waals surface area contributed by atoms with Gasteiger partial charge in [-0.3, -0.25) is 9.78 Å². The van der Waals surface area contributed by atoms with Crippen LogP contribution in [0.2, 0.25) is 0 Å². The summed E-state index contributed by atoms with van der Waals surface area (Å²) in [5.74, 6) is 0.209. The number of nitrogens with one attached hydrogen (secondary N) is 1. The summed E-state index contributed by atoms with van der Waals surface area (Å²) in [4.78, 5) is 19.4. The molecule has 1 N–H and O–H groups in total. The van der Waals surface area contributed by atoms with Crippen LogP contribution in [0.25, 0.3) is 0 Å². The maximum absolute atomic E-state index is 13.1. The van der Waals surface area contributed by atoms with Crippen LogP contribution in [0.15, 0.2) is 48.8 Å². The lowest BCUT2D eigenvalue weighted by molar-refractivity contribution is -0.135. The first-order chi connectivity index (χ1) is 12.0. The average molecular weight is 337 g/mol. The lowest BCUT2D eigenvalue weighted by Crippen LogP contribution is -2.49. The van der Waals surface area contributed by atoms with E-state index in [2.05, 4.69) is 61.4 Å². The number of nitrogens with zero attached hydrogens (tertiary/aromatic N) is 2. The molecule has 4 heteroatoms. The van der Waals surface area contributed by atoms with Crippen molar-refractivity contribution in [2.45, 2.75) is 38.6 Å². The molecular weight excluding hydrogens is 310 g/mol. The predicted octanol–water partition coefficient (Wildman–Crippen LogP) is 3.23. The van der Waals surface area contributed by atoms with Gasteiger partial charge in [0.2, 0.25) is 5.91 Å². The Labute approximate surface area is 150 Å². The number of pyridine rings is 1. The van der Waals surface area contributed by atoms with Crippen molar-refractivity contribution in [3.63, 3.8) is 0 Å². The SMILES string of the molecule is Cc1ccc(C(C)(C)CC(=O)N2CCNCC2c2cccnc2)cc1. The zero-order valence-corrected chi connectivity index (χ0v) is 15.3. The van der Waals surface area contributed by atoms with Gasteiger partial charge in [-0.1, -0.05) is 49.7 Å². The van der Waals surface area contributed by atoms with Crippen LogP contribution >= 0.6 is 0 Å². The number of aryl methyl sites for hydroxylation is 1. The summed E-state index contributed by atoms with van der Waals surface area (Å²) in [7, 11) is 0. The highest BCUT2D eigenvalue weighted by Gasteiger charge is 2.32. The van der Waals surface area contributed by atoms with Crippen molar-refractivity contribution < 1.29 is 4.79 Å². The molecule has 1 unspecified atom stereocenters. The number of hydrogen-bond donors (Lipinski definition) is 1. The second-order valence-corrected chi connectivity index (χ2v) is 7.52. The van der Waals surface area contributed by atoms with Gasteiger partial charge in [0.15, 0.2) is 0 Å². The van der Waals surface area contributed by atoms with Crippen molar-refractivity contribution in [2.75, 3.05) is 19.6 Å². The molecule has 1 aliphatic heterocycles. The third-order valence-electron chi connectivity index (χ3n) is 5.06. The van der Waals surface area contributed by atoms with Crippen molar-refractivity contribution in [1.82, 2.24) is 15.2 Å². The fourth-order valence-corrected chi connectivity index (χ4v) is 3.46. The van der Waals surface area contributed by atoms with Crippen LogP contribution in [0.3, 0.4) is 0 Å². The van der Waals surface area contributed by atoms with E-state index in [1.54, 1.807) is 6.20 Å². The zero-order chi connectivity index (χ0) is 17.9. The fourth-order valence-electron chi connectivity index (χ4n) is 3.46. The molecule has 132 valence electrons. The largest absolute Gasteiger partial charge is 0.333 e. The molecule has 3 rings (SSSR count). The maximum Gasteiger partial charge on any atom is 0.224 e. The molecule has 2 heterocycles. The van der Waals surface area contributed by atoms with E-state index in [1.807, 2.05) is 17.2 Å². The van der Waals surface area contributed by atoms with Crippen molar-refractivity contribution in [3.05, 3.63) is 65.5 Å². The van der Waals surface area contributed by atoms with Crippen LogP contribution in [0.1, 0.15) is 43.0 Å². The topological polar surface area (TPSA) is 45.2 Å². The first-order valence-electron chi connectivity index (χ1n) is 8.95. The Morgan fingerprint density at radius 2 is 2.04 bits per heavy atom. The number of rotatable bonds is 4. The van der Waals surface area contributed by atoms with Gasteiger partial charge in [-0.15, -0.1) is 0 Å². The molecule has 1 saturated heterocycles. The Balaban J connectivity index is 1.77. The molecule has 0 bridgehead atoms. The number of carbonyl (C=O) groups is 1. The molecule has 0 saturated carbocycles. The summed E-state index contributed by atoms with van der Waals surface area (Å²) >= 11 is 0. The minimum Gasteiger partial charge on any atom is -0.333 e. The highest BCUT2D eigenvalue weighted by molar-refractivity contribution is 5.78. The van der Waals surface area contributed by atoms with Gasteiger partial charge in [0.25, 0.3) is 0 Å². The Hall–Kier alpha value is -2.20. The van der Waals surface area contributed by atoms with E-state index < -0.39 is 0 Å². The minimum absolute atomic E-state index is 0.0590. The summed E-state index contributed by atoms with van der Waals surface area (Å²) < 4.78 is 0. The van der Waals surface area contributed by atoms with E-state index in [-0.39, 0.29) is 17.4 Å². The normalized spacial score (nSPS) is 18.2. The lowest BCUT2D eigenvalue weighted by Gasteiger charge is -2.38. The third-order valence-corrected chi connectivity index (χ3v) is 5.06. The second kappa shape index (κ2) is 7.36. The van der Waals surface area contributed by atoms with Crippen LogP contribution in [0.5, 0.6) is 0 Å². The molecule has 25 heavy (non-hydrogen) atoms. The summed E-state index contributed by atoms with van der Waals surface area (Å²) in [6.45, 7) is 8.74. The van der Waals surface area contributed by atoms with Crippen LogP contribution in [-0.2, 0) is 10.2 Å². The van der Waals surface area contributed by atoms with Crippen molar-refractivity contribution in [2.24, 2.45) is 0 Å². The minimum atomic E-state index is -0.185. The lowest BCUT2D eigenvalue weighted by atomic mass is 9.80. The van der Waals surface area contributed by atoms with Gasteiger partial charge in [-0.2, -0.15) is 0 Å². The summed E-state index contributed by atoms with van der Waals surface area (Å²) in [5, 5.41) is 3.40. The fraction of sp³-hybridized carbons (Fsp3) is 0.429. The van der Waals surface area contributed by atoms with Gasteiger partial charge in [0, 0.05) is 38.4 Å². The van der Waals surface area contributed by atoms with E-state index in [1.165, 1.54) is 11.1 Å². The monoisotopic (exact) mass is 337 g/mol. The van der Waals surface area contributed by atoms with Gasteiger partial charge in [0.1, 0.15) is 0 Å². The highest BCUT2D eigenvalue weighted by Crippen LogP contribution is 2.30. The number of aromatic nitrogens is 1. The number of amides is 1. The third kappa shape index (κ3) is 4.07. The molecule has 0 aliphatic carbocycles. The van der Waals surface area contributed by atoms with Crippen molar-refractivity contribution in [1.29, 1.82) is 0 Å². The van der Waals surface area contributed by atoms with E-state index >= 15 is 0 Å². The van der Waals surface area contributed by atoms with E-state index in [0.29, 0.717) is 6.42 Å². The number of benzene rings is 1. The summed E-state index contributed by atoms with van der Waals surface area (Å²) in [5.41, 5.74) is 3.36. The summed E-state index contributed by atoms with van der Waals surface area (Å²) in [6.07, 6.45) is 4.14. The van der Waals surface area contributed by atoms with Crippen LogP contribution < -0.4 is 5.32 Å². The van der Waals surface area contributed by atoms with Crippen LogP contribution in [-0.4, -0.2) is 35.4 Å².